The maximum atomic E-state index is 13.1. The first-order valence-corrected chi connectivity index (χ1v) is 8.53. The molecule has 0 bridgehead atoms. The molecule has 0 spiro atoms. The van der Waals surface area contributed by atoms with Gasteiger partial charge in [-0.1, -0.05) is 0 Å². The SMILES string of the molecule is Fc1ccc(NC2CCCc3sc(Br)cc32)c(Br)c1. The van der Waals surface area contributed by atoms with Crippen LogP contribution in [0.3, 0.4) is 0 Å². The van der Waals surface area contributed by atoms with Crippen LogP contribution in [-0.2, 0) is 6.42 Å². The topological polar surface area (TPSA) is 12.0 Å². The molecule has 1 nitrogen and oxygen atoms in total. The highest BCUT2D eigenvalue weighted by Crippen LogP contribution is 2.40. The third-order valence-electron chi connectivity index (χ3n) is 3.34. The number of halogens is 3. The van der Waals surface area contributed by atoms with Crippen LogP contribution in [0.1, 0.15) is 29.3 Å². The quantitative estimate of drug-likeness (QED) is 0.656. The van der Waals surface area contributed by atoms with Gasteiger partial charge in [-0.25, -0.2) is 4.39 Å². The predicted octanol–water partition coefficient (Wildman–Crippen LogP) is 5.90. The van der Waals surface area contributed by atoms with Gasteiger partial charge in [0.05, 0.1) is 9.83 Å². The maximum Gasteiger partial charge on any atom is 0.124 e. The third-order valence-corrected chi connectivity index (χ3v) is 5.71. The number of hydrogen-bond acceptors (Lipinski definition) is 2. The molecule has 3 rings (SSSR count). The first-order chi connectivity index (χ1) is 9.13. The van der Waals surface area contributed by atoms with Crippen molar-refractivity contribution in [2.75, 3.05) is 5.32 Å². The van der Waals surface area contributed by atoms with E-state index in [4.69, 9.17) is 0 Å². The summed E-state index contributed by atoms with van der Waals surface area (Å²) in [6.07, 6.45) is 3.46. The summed E-state index contributed by atoms with van der Waals surface area (Å²) in [5, 5.41) is 3.52. The highest BCUT2D eigenvalue weighted by Gasteiger charge is 2.23. The molecular formula is C14H12Br2FNS. The minimum absolute atomic E-state index is 0.222. The van der Waals surface area contributed by atoms with Crippen molar-refractivity contribution in [2.45, 2.75) is 25.3 Å². The Hall–Kier alpha value is -0.390. The molecule has 1 aromatic carbocycles. The summed E-state index contributed by atoms with van der Waals surface area (Å²) in [4.78, 5) is 1.45. The average Bonchev–Trinajstić information content (AvgIpc) is 2.74. The molecule has 1 aromatic heterocycles. The lowest BCUT2D eigenvalue weighted by molar-refractivity contribution is 0.606. The molecular weight excluding hydrogens is 393 g/mol. The van der Waals surface area contributed by atoms with E-state index in [0.29, 0.717) is 6.04 Å². The van der Waals surface area contributed by atoms with Gasteiger partial charge >= 0.3 is 0 Å². The second kappa shape index (κ2) is 5.54. The molecule has 1 aliphatic rings. The molecule has 1 aliphatic carbocycles. The van der Waals surface area contributed by atoms with Gasteiger partial charge in [0.15, 0.2) is 0 Å². The van der Waals surface area contributed by atoms with Crippen LogP contribution in [0, 0.1) is 5.82 Å². The van der Waals surface area contributed by atoms with Crippen LogP contribution in [0.5, 0.6) is 0 Å². The number of hydrogen-bond donors (Lipinski definition) is 1. The summed E-state index contributed by atoms with van der Waals surface area (Å²) in [5.41, 5.74) is 2.32. The van der Waals surface area contributed by atoms with Crippen molar-refractivity contribution in [3.05, 3.63) is 48.8 Å². The zero-order chi connectivity index (χ0) is 13.4. The number of rotatable bonds is 2. The Morgan fingerprint density at radius 3 is 2.89 bits per heavy atom. The van der Waals surface area contributed by atoms with Gasteiger partial charge in [0.1, 0.15) is 5.82 Å². The highest BCUT2D eigenvalue weighted by molar-refractivity contribution is 9.11. The number of benzene rings is 1. The molecule has 1 N–H and O–H groups in total. The molecule has 1 heterocycles. The molecule has 0 aliphatic heterocycles. The number of fused-ring (bicyclic) bond motifs is 1. The zero-order valence-corrected chi connectivity index (χ0v) is 14.0. The largest absolute Gasteiger partial charge is 0.377 e. The molecule has 0 saturated heterocycles. The fourth-order valence-electron chi connectivity index (χ4n) is 2.47. The first-order valence-electron chi connectivity index (χ1n) is 6.13. The molecule has 5 heteroatoms. The number of aryl methyl sites for hydroxylation is 1. The van der Waals surface area contributed by atoms with E-state index in [1.165, 1.54) is 32.8 Å². The van der Waals surface area contributed by atoms with Crippen LogP contribution in [0.15, 0.2) is 32.5 Å². The van der Waals surface area contributed by atoms with Gasteiger partial charge in [0, 0.05) is 15.0 Å². The normalized spacial score (nSPS) is 18.2. The zero-order valence-electron chi connectivity index (χ0n) is 10.1. The second-order valence-corrected chi connectivity index (χ2v) is 8.01. The minimum Gasteiger partial charge on any atom is -0.377 e. The van der Waals surface area contributed by atoms with Gasteiger partial charge in [-0.2, -0.15) is 0 Å². The monoisotopic (exact) mass is 403 g/mol. The van der Waals surface area contributed by atoms with Gasteiger partial charge < -0.3 is 5.32 Å². The second-order valence-electron chi connectivity index (χ2n) is 4.64. The van der Waals surface area contributed by atoms with Crippen LogP contribution in [0.4, 0.5) is 10.1 Å². The molecule has 100 valence electrons. The smallest absolute Gasteiger partial charge is 0.124 e. The molecule has 1 unspecified atom stereocenters. The molecule has 0 amide bonds. The number of nitrogens with one attached hydrogen (secondary N) is 1. The van der Waals surface area contributed by atoms with Crippen molar-refractivity contribution in [1.29, 1.82) is 0 Å². The van der Waals surface area contributed by atoms with Gasteiger partial charge in [0.2, 0.25) is 0 Å². The van der Waals surface area contributed by atoms with Crippen molar-refractivity contribution >= 4 is 48.9 Å². The summed E-state index contributed by atoms with van der Waals surface area (Å²) in [5.74, 6) is -0.222. The molecule has 0 radical (unpaired) electrons. The van der Waals surface area contributed by atoms with Crippen molar-refractivity contribution < 1.29 is 4.39 Å². The maximum absolute atomic E-state index is 13.1. The van der Waals surface area contributed by atoms with E-state index in [1.54, 1.807) is 6.07 Å². The number of anilines is 1. The van der Waals surface area contributed by atoms with Crippen LogP contribution in [0.2, 0.25) is 0 Å². The lowest BCUT2D eigenvalue weighted by Gasteiger charge is -2.25. The van der Waals surface area contributed by atoms with Gasteiger partial charge in [-0.3, -0.25) is 0 Å². The Morgan fingerprint density at radius 1 is 1.26 bits per heavy atom. The fraction of sp³-hybridized carbons (Fsp3) is 0.286. The summed E-state index contributed by atoms with van der Waals surface area (Å²) >= 11 is 8.79. The Morgan fingerprint density at radius 2 is 2.11 bits per heavy atom. The van der Waals surface area contributed by atoms with Crippen LogP contribution < -0.4 is 5.32 Å². The third kappa shape index (κ3) is 2.88. The lowest BCUT2D eigenvalue weighted by Crippen LogP contribution is -2.15. The summed E-state index contributed by atoms with van der Waals surface area (Å²) < 4.78 is 15.1. The van der Waals surface area contributed by atoms with E-state index < -0.39 is 0 Å². The van der Waals surface area contributed by atoms with Gasteiger partial charge in [0.25, 0.3) is 0 Å². The Balaban J connectivity index is 1.88. The molecule has 0 saturated carbocycles. The van der Waals surface area contributed by atoms with E-state index in [-0.39, 0.29) is 5.82 Å². The van der Waals surface area contributed by atoms with Crippen molar-refractivity contribution in [3.63, 3.8) is 0 Å². The fourth-order valence-corrected chi connectivity index (χ4v) is 4.75. The minimum atomic E-state index is -0.222. The van der Waals surface area contributed by atoms with Crippen molar-refractivity contribution in [3.8, 4) is 0 Å². The van der Waals surface area contributed by atoms with Gasteiger partial charge in [-0.05, 0) is 81.0 Å². The molecule has 2 aromatic rings. The predicted molar refractivity (Wildman–Crippen MR) is 85.4 cm³/mol. The van der Waals surface area contributed by atoms with Crippen LogP contribution in [0.25, 0.3) is 0 Å². The van der Waals surface area contributed by atoms with Crippen LogP contribution in [-0.4, -0.2) is 0 Å². The van der Waals surface area contributed by atoms with Crippen LogP contribution >= 0.6 is 43.2 Å². The van der Waals surface area contributed by atoms with Crippen molar-refractivity contribution in [1.82, 2.24) is 0 Å². The standard InChI is InChI=1S/C14H12Br2FNS/c15-10-6-8(17)4-5-12(10)18-11-2-1-3-13-9(11)7-14(16)19-13/h4-7,11,18H,1-3H2. The average molecular weight is 405 g/mol. The Kier molecular flexibility index (Phi) is 3.96. The Bertz CT molecular complexity index is 611. The summed E-state index contributed by atoms with van der Waals surface area (Å²) in [7, 11) is 0. The van der Waals surface area contributed by atoms with E-state index in [1.807, 2.05) is 11.3 Å². The van der Waals surface area contributed by atoms with Crippen molar-refractivity contribution in [2.24, 2.45) is 0 Å². The molecule has 19 heavy (non-hydrogen) atoms. The van der Waals surface area contributed by atoms with E-state index in [0.717, 1.165) is 23.0 Å². The summed E-state index contributed by atoms with van der Waals surface area (Å²) in [6.45, 7) is 0. The first kappa shape index (κ1) is 13.6. The number of thiophene rings is 1. The summed E-state index contributed by atoms with van der Waals surface area (Å²) in [6, 6.07) is 7.28. The molecule has 0 fully saturated rings. The highest BCUT2D eigenvalue weighted by atomic mass is 79.9. The van der Waals surface area contributed by atoms with Gasteiger partial charge in [-0.15, -0.1) is 11.3 Å². The lowest BCUT2D eigenvalue weighted by atomic mass is 9.94. The van der Waals surface area contributed by atoms with E-state index in [2.05, 4.69) is 43.2 Å². The van der Waals surface area contributed by atoms with E-state index in [9.17, 15) is 4.39 Å². The molecule has 1 atom stereocenters. The van der Waals surface area contributed by atoms with E-state index >= 15 is 0 Å². The Labute approximate surface area is 132 Å².